The van der Waals surface area contributed by atoms with E-state index in [2.05, 4.69) is 6.92 Å². The smallest absolute Gasteiger partial charge is 0.303 e. The van der Waals surface area contributed by atoms with Gasteiger partial charge in [-0.05, 0) is 6.42 Å². The lowest BCUT2D eigenvalue weighted by molar-refractivity contribution is -0.143. The number of aliphatic carboxylic acids is 2. The third kappa shape index (κ3) is 28.9. The molecular formula is C16H32O7S. The van der Waals surface area contributed by atoms with Crippen molar-refractivity contribution in [1.82, 2.24) is 0 Å². The molecule has 144 valence electrons. The van der Waals surface area contributed by atoms with Gasteiger partial charge < -0.3 is 10.2 Å². The molecule has 0 aliphatic heterocycles. The van der Waals surface area contributed by atoms with Gasteiger partial charge in [0.25, 0.3) is 10.1 Å². The highest BCUT2D eigenvalue weighted by molar-refractivity contribution is 7.85. The first-order chi connectivity index (χ1) is 11.2. The van der Waals surface area contributed by atoms with Crippen molar-refractivity contribution in [2.24, 2.45) is 0 Å². The fourth-order valence-corrected chi connectivity index (χ4v) is 2.55. The predicted molar refractivity (Wildman–Crippen MR) is 92.8 cm³/mol. The number of hydrogen-bond donors (Lipinski definition) is 3. The zero-order chi connectivity index (χ0) is 18.8. The predicted octanol–water partition coefficient (Wildman–Crippen LogP) is 3.73. The van der Waals surface area contributed by atoms with Crippen LogP contribution in [0.2, 0.25) is 0 Å². The standard InChI is InChI=1S/C12H26O3S.C4H6O4/c1-2-3-4-5-6-7-8-9-10-11-12-16(13,14)15;5-3(6)1-2-4(7)8/h2-12H2,1H3,(H,13,14,15);1-2H2,(H,5,6)(H,7,8). The van der Waals surface area contributed by atoms with Crippen molar-refractivity contribution in [3.8, 4) is 0 Å². The van der Waals surface area contributed by atoms with Crippen LogP contribution >= 0.6 is 0 Å². The first-order valence-corrected chi connectivity index (χ1v) is 10.2. The summed E-state index contributed by atoms with van der Waals surface area (Å²) in [5.41, 5.74) is 0. The Hall–Kier alpha value is -1.15. The molecule has 0 fully saturated rings. The molecule has 0 aromatic heterocycles. The fourth-order valence-electron chi connectivity index (χ4n) is 1.99. The van der Waals surface area contributed by atoms with Gasteiger partial charge in [0, 0.05) is 0 Å². The first-order valence-electron chi connectivity index (χ1n) is 8.57. The van der Waals surface area contributed by atoms with Crippen molar-refractivity contribution >= 4 is 22.1 Å². The van der Waals surface area contributed by atoms with Gasteiger partial charge in [-0.2, -0.15) is 8.42 Å². The third-order valence-electron chi connectivity index (χ3n) is 3.31. The summed E-state index contributed by atoms with van der Waals surface area (Å²) in [6.45, 7) is 2.22. The van der Waals surface area contributed by atoms with Gasteiger partial charge in [0.05, 0.1) is 18.6 Å². The van der Waals surface area contributed by atoms with E-state index < -0.39 is 22.1 Å². The normalized spacial score (nSPS) is 10.8. The van der Waals surface area contributed by atoms with Gasteiger partial charge in [0.15, 0.2) is 0 Å². The Bertz CT molecular complexity index is 404. The maximum atomic E-state index is 10.4. The molecular weight excluding hydrogens is 336 g/mol. The lowest BCUT2D eigenvalue weighted by atomic mass is 10.1. The van der Waals surface area contributed by atoms with Crippen LogP contribution in [-0.2, 0) is 19.7 Å². The molecule has 8 heteroatoms. The Morgan fingerprint density at radius 3 is 1.33 bits per heavy atom. The number of unbranched alkanes of at least 4 members (excludes halogenated alkanes) is 9. The van der Waals surface area contributed by atoms with Gasteiger partial charge in [0.1, 0.15) is 0 Å². The molecule has 7 nitrogen and oxygen atoms in total. The molecule has 0 saturated heterocycles. The molecule has 24 heavy (non-hydrogen) atoms. The van der Waals surface area contributed by atoms with E-state index in [4.69, 9.17) is 14.8 Å². The van der Waals surface area contributed by atoms with Crippen LogP contribution in [0.1, 0.15) is 84.0 Å². The zero-order valence-corrected chi connectivity index (χ0v) is 15.4. The quantitative estimate of drug-likeness (QED) is 0.314. The Balaban J connectivity index is 0. The molecule has 0 aromatic carbocycles. The lowest BCUT2D eigenvalue weighted by Gasteiger charge is -2.01. The summed E-state index contributed by atoms with van der Waals surface area (Å²) >= 11 is 0. The summed E-state index contributed by atoms with van der Waals surface area (Å²) < 4.78 is 29.4. The summed E-state index contributed by atoms with van der Waals surface area (Å²) in [5, 5.41) is 15.8. The minimum atomic E-state index is -3.73. The summed E-state index contributed by atoms with van der Waals surface area (Å²) in [7, 11) is -3.73. The SMILES string of the molecule is CCCCCCCCCCCCS(=O)(=O)O.O=C(O)CCC(=O)O. The van der Waals surface area contributed by atoms with E-state index in [1.807, 2.05) is 0 Å². The van der Waals surface area contributed by atoms with Gasteiger partial charge in [-0.15, -0.1) is 0 Å². The van der Waals surface area contributed by atoms with Crippen LogP contribution in [0.15, 0.2) is 0 Å². The van der Waals surface area contributed by atoms with E-state index in [1.165, 1.54) is 44.9 Å². The number of carboxylic acids is 2. The largest absolute Gasteiger partial charge is 0.481 e. The topological polar surface area (TPSA) is 129 Å². The van der Waals surface area contributed by atoms with Gasteiger partial charge in [-0.1, -0.05) is 64.7 Å². The number of carbonyl (C=O) groups is 2. The van der Waals surface area contributed by atoms with Crippen LogP contribution < -0.4 is 0 Å². The molecule has 0 aromatic rings. The molecule has 0 spiro atoms. The fraction of sp³-hybridized carbons (Fsp3) is 0.875. The average Bonchev–Trinajstić information content (AvgIpc) is 2.46. The van der Waals surface area contributed by atoms with E-state index >= 15 is 0 Å². The minimum absolute atomic E-state index is 0.0799. The van der Waals surface area contributed by atoms with E-state index in [9.17, 15) is 18.0 Å². The highest BCUT2D eigenvalue weighted by Crippen LogP contribution is 2.10. The monoisotopic (exact) mass is 368 g/mol. The highest BCUT2D eigenvalue weighted by atomic mass is 32.2. The molecule has 0 saturated carbocycles. The molecule has 0 bridgehead atoms. The van der Waals surface area contributed by atoms with Crippen molar-refractivity contribution in [1.29, 1.82) is 0 Å². The highest BCUT2D eigenvalue weighted by Gasteiger charge is 2.02. The Morgan fingerprint density at radius 1 is 0.708 bits per heavy atom. The van der Waals surface area contributed by atoms with E-state index in [0.29, 0.717) is 6.42 Å². The third-order valence-corrected chi connectivity index (χ3v) is 4.11. The number of hydrogen-bond acceptors (Lipinski definition) is 4. The van der Waals surface area contributed by atoms with Gasteiger partial charge in [-0.3, -0.25) is 14.1 Å². The summed E-state index contributed by atoms with van der Waals surface area (Å²) in [6.07, 6.45) is 11.1. The van der Waals surface area contributed by atoms with Crippen LogP contribution in [-0.4, -0.2) is 40.9 Å². The molecule has 0 unspecified atom stereocenters. The summed E-state index contributed by atoms with van der Waals surface area (Å²) in [4.78, 5) is 19.3. The second-order valence-electron chi connectivity index (χ2n) is 5.76. The molecule has 0 aliphatic rings. The van der Waals surface area contributed by atoms with E-state index in [1.54, 1.807) is 0 Å². The van der Waals surface area contributed by atoms with Crippen molar-refractivity contribution in [3.05, 3.63) is 0 Å². The number of carboxylic acid groups (broad SMARTS) is 2. The van der Waals surface area contributed by atoms with Crippen molar-refractivity contribution in [2.75, 3.05) is 5.75 Å². The summed E-state index contributed by atoms with van der Waals surface area (Å²) in [6, 6.07) is 0. The molecule has 0 heterocycles. The second-order valence-corrected chi connectivity index (χ2v) is 7.33. The molecule has 0 aliphatic carbocycles. The van der Waals surface area contributed by atoms with Crippen LogP contribution in [0.25, 0.3) is 0 Å². The van der Waals surface area contributed by atoms with Crippen LogP contribution in [0, 0.1) is 0 Å². The minimum Gasteiger partial charge on any atom is -0.481 e. The zero-order valence-electron chi connectivity index (χ0n) is 14.6. The molecule has 3 N–H and O–H groups in total. The second kappa shape index (κ2) is 16.7. The Labute approximate surface area is 145 Å². The average molecular weight is 368 g/mol. The lowest BCUT2D eigenvalue weighted by Crippen LogP contribution is -2.03. The van der Waals surface area contributed by atoms with Crippen molar-refractivity contribution in [3.63, 3.8) is 0 Å². The molecule has 0 radical (unpaired) electrons. The van der Waals surface area contributed by atoms with Gasteiger partial charge in [-0.25, -0.2) is 0 Å². The van der Waals surface area contributed by atoms with E-state index in [-0.39, 0.29) is 18.6 Å². The Kier molecular flexibility index (Phi) is 17.5. The van der Waals surface area contributed by atoms with E-state index in [0.717, 1.165) is 12.8 Å². The molecule has 0 rings (SSSR count). The van der Waals surface area contributed by atoms with Gasteiger partial charge in [0.2, 0.25) is 0 Å². The maximum absolute atomic E-state index is 10.4. The van der Waals surface area contributed by atoms with Crippen LogP contribution in [0.3, 0.4) is 0 Å². The van der Waals surface area contributed by atoms with Gasteiger partial charge >= 0.3 is 11.9 Å². The summed E-state index contributed by atoms with van der Waals surface area (Å²) in [5.74, 6) is -2.23. The van der Waals surface area contributed by atoms with Crippen molar-refractivity contribution < 1.29 is 32.8 Å². The van der Waals surface area contributed by atoms with Crippen LogP contribution in [0.5, 0.6) is 0 Å². The number of rotatable bonds is 14. The molecule has 0 amide bonds. The first kappa shape index (κ1) is 25.1. The molecule has 0 atom stereocenters. The maximum Gasteiger partial charge on any atom is 0.303 e. The van der Waals surface area contributed by atoms with Crippen molar-refractivity contribution in [2.45, 2.75) is 84.0 Å². The van der Waals surface area contributed by atoms with Crippen LogP contribution in [0.4, 0.5) is 0 Å². The Morgan fingerprint density at radius 2 is 1.04 bits per heavy atom.